The lowest BCUT2D eigenvalue weighted by atomic mass is 10.1. The van der Waals surface area contributed by atoms with Crippen molar-refractivity contribution < 1.29 is 19.8 Å². The quantitative estimate of drug-likeness (QED) is 0.765. The summed E-state index contributed by atoms with van der Waals surface area (Å²) in [6.45, 7) is 3.65. The Kier molecular flexibility index (Phi) is 5.42. The van der Waals surface area contributed by atoms with E-state index in [0.717, 1.165) is 22.5 Å². The summed E-state index contributed by atoms with van der Waals surface area (Å²) in [5.74, 6) is -1.78. The minimum atomic E-state index is -0.890. The zero-order valence-corrected chi connectivity index (χ0v) is 13.6. The van der Waals surface area contributed by atoms with Crippen LogP contribution >= 0.6 is 0 Å². The highest BCUT2D eigenvalue weighted by Gasteiger charge is 2.07. The highest BCUT2D eigenvalue weighted by Crippen LogP contribution is 2.19. The van der Waals surface area contributed by atoms with Gasteiger partial charge in [0.25, 0.3) is 0 Å². The molecule has 0 radical (unpaired) electrons. The SMILES string of the molecule is CC(=CC=C(C)c1cccn1CC(=O)O)c1cccn1CC(=O)O. The molecule has 0 aliphatic heterocycles. The van der Waals surface area contributed by atoms with Crippen molar-refractivity contribution in [2.24, 2.45) is 0 Å². The molecule has 0 atom stereocenters. The van der Waals surface area contributed by atoms with E-state index in [0.29, 0.717) is 0 Å². The van der Waals surface area contributed by atoms with Crippen LogP contribution in [0, 0.1) is 0 Å². The normalized spacial score (nSPS) is 12.4. The highest BCUT2D eigenvalue weighted by atomic mass is 16.4. The van der Waals surface area contributed by atoms with Crippen molar-refractivity contribution in [2.75, 3.05) is 0 Å². The Morgan fingerprint density at radius 3 is 1.58 bits per heavy atom. The topological polar surface area (TPSA) is 84.5 Å². The van der Waals surface area contributed by atoms with Crippen LogP contribution in [0.25, 0.3) is 11.1 Å². The van der Waals surface area contributed by atoms with Gasteiger partial charge in [0, 0.05) is 23.8 Å². The third-order valence-electron chi connectivity index (χ3n) is 3.66. The number of carboxylic acids is 2. The molecule has 0 aliphatic carbocycles. The zero-order valence-electron chi connectivity index (χ0n) is 13.6. The monoisotopic (exact) mass is 328 g/mol. The lowest BCUT2D eigenvalue weighted by molar-refractivity contribution is -0.138. The molecular formula is C18H20N2O4. The van der Waals surface area contributed by atoms with Gasteiger partial charge in [-0.25, -0.2) is 0 Å². The molecule has 0 fully saturated rings. The molecule has 0 unspecified atom stereocenters. The first-order valence-corrected chi connectivity index (χ1v) is 7.48. The number of carbonyl (C=O) groups is 2. The molecule has 2 rings (SSSR count). The second kappa shape index (κ2) is 7.50. The minimum Gasteiger partial charge on any atom is -0.480 e. The fourth-order valence-electron chi connectivity index (χ4n) is 2.53. The van der Waals surface area contributed by atoms with Crippen LogP contribution in [0.2, 0.25) is 0 Å². The van der Waals surface area contributed by atoms with Crippen molar-refractivity contribution in [3.8, 4) is 0 Å². The second-order valence-electron chi connectivity index (χ2n) is 5.53. The molecular weight excluding hydrogens is 308 g/mol. The summed E-state index contributed by atoms with van der Waals surface area (Å²) in [5.41, 5.74) is 3.53. The molecule has 0 saturated carbocycles. The largest absolute Gasteiger partial charge is 0.480 e. The molecule has 0 aliphatic rings. The smallest absolute Gasteiger partial charge is 0.323 e. The van der Waals surface area contributed by atoms with E-state index in [1.807, 2.05) is 50.3 Å². The Hall–Kier alpha value is -3.02. The molecule has 2 aromatic heterocycles. The molecule has 2 aromatic rings. The number of aliphatic carboxylic acids is 2. The minimum absolute atomic E-state index is 0.0856. The van der Waals surface area contributed by atoms with Gasteiger partial charge in [0.15, 0.2) is 0 Å². The molecule has 0 saturated heterocycles. The van der Waals surface area contributed by atoms with Gasteiger partial charge in [-0.3, -0.25) is 9.59 Å². The van der Waals surface area contributed by atoms with Gasteiger partial charge in [-0.2, -0.15) is 0 Å². The van der Waals surface area contributed by atoms with E-state index in [1.165, 1.54) is 0 Å². The van der Waals surface area contributed by atoms with Crippen LogP contribution in [0.4, 0.5) is 0 Å². The maximum atomic E-state index is 10.9. The van der Waals surface area contributed by atoms with Crippen molar-refractivity contribution in [1.29, 1.82) is 0 Å². The predicted molar refractivity (Wildman–Crippen MR) is 91.4 cm³/mol. The molecule has 6 heteroatoms. The van der Waals surface area contributed by atoms with Crippen molar-refractivity contribution >= 4 is 23.1 Å². The van der Waals surface area contributed by atoms with Crippen LogP contribution < -0.4 is 0 Å². The molecule has 126 valence electrons. The third kappa shape index (κ3) is 4.25. The molecule has 0 aromatic carbocycles. The van der Waals surface area contributed by atoms with E-state index in [-0.39, 0.29) is 13.1 Å². The highest BCUT2D eigenvalue weighted by molar-refractivity contribution is 5.72. The van der Waals surface area contributed by atoms with E-state index in [4.69, 9.17) is 10.2 Å². The number of nitrogens with zero attached hydrogens (tertiary/aromatic N) is 2. The first-order chi connectivity index (χ1) is 11.4. The molecule has 24 heavy (non-hydrogen) atoms. The maximum Gasteiger partial charge on any atom is 0.323 e. The summed E-state index contributed by atoms with van der Waals surface area (Å²) >= 11 is 0. The summed E-state index contributed by atoms with van der Waals surface area (Å²) in [6, 6.07) is 7.35. The first kappa shape index (κ1) is 17.3. The van der Waals surface area contributed by atoms with Gasteiger partial charge in [0.2, 0.25) is 0 Å². The van der Waals surface area contributed by atoms with Crippen LogP contribution in [-0.2, 0) is 22.7 Å². The fourth-order valence-corrected chi connectivity index (χ4v) is 2.53. The number of rotatable bonds is 7. The summed E-state index contributed by atoms with van der Waals surface area (Å²) in [4.78, 5) is 21.8. The van der Waals surface area contributed by atoms with Gasteiger partial charge < -0.3 is 19.3 Å². The average Bonchev–Trinajstić information content (AvgIpc) is 3.12. The Bertz CT molecular complexity index is 740. The zero-order chi connectivity index (χ0) is 17.7. The van der Waals surface area contributed by atoms with E-state index >= 15 is 0 Å². The summed E-state index contributed by atoms with van der Waals surface area (Å²) in [6.07, 6.45) is 7.27. The van der Waals surface area contributed by atoms with E-state index in [9.17, 15) is 9.59 Å². The average molecular weight is 328 g/mol. The second-order valence-corrected chi connectivity index (χ2v) is 5.53. The van der Waals surface area contributed by atoms with Crippen molar-refractivity contribution in [3.63, 3.8) is 0 Å². The van der Waals surface area contributed by atoms with Crippen LogP contribution in [-0.4, -0.2) is 31.3 Å². The number of allylic oxidation sites excluding steroid dienone is 4. The van der Waals surface area contributed by atoms with Crippen molar-refractivity contribution in [2.45, 2.75) is 26.9 Å². The Morgan fingerprint density at radius 1 is 0.875 bits per heavy atom. The fraction of sp³-hybridized carbons (Fsp3) is 0.222. The molecule has 2 heterocycles. The van der Waals surface area contributed by atoms with E-state index < -0.39 is 11.9 Å². The summed E-state index contributed by atoms with van der Waals surface area (Å²) in [7, 11) is 0. The molecule has 6 nitrogen and oxygen atoms in total. The number of aromatic nitrogens is 2. The molecule has 0 bridgehead atoms. The Labute approximate surface area is 140 Å². The number of carboxylic acid groups (broad SMARTS) is 2. The Morgan fingerprint density at radius 2 is 1.25 bits per heavy atom. The van der Waals surface area contributed by atoms with Gasteiger partial charge in [0.05, 0.1) is 0 Å². The first-order valence-electron chi connectivity index (χ1n) is 7.48. The van der Waals surface area contributed by atoms with Crippen LogP contribution in [0.3, 0.4) is 0 Å². The van der Waals surface area contributed by atoms with Gasteiger partial charge >= 0.3 is 11.9 Å². The van der Waals surface area contributed by atoms with Crippen molar-refractivity contribution in [1.82, 2.24) is 9.13 Å². The van der Waals surface area contributed by atoms with Crippen molar-refractivity contribution in [3.05, 3.63) is 60.2 Å². The van der Waals surface area contributed by atoms with Gasteiger partial charge in [-0.05, 0) is 49.3 Å². The standard InChI is InChI=1S/C18H20N2O4/c1-13(15-5-3-9-19(15)11-17(21)22)7-8-14(2)16-6-4-10-20(16)12-18(23)24/h3-10H,11-12H2,1-2H3,(H,21,22)(H,23,24). The van der Waals surface area contributed by atoms with Gasteiger partial charge in [-0.1, -0.05) is 12.2 Å². The van der Waals surface area contributed by atoms with Crippen LogP contribution in [0.15, 0.2) is 48.8 Å². The summed E-state index contributed by atoms with van der Waals surface area (Å²) < 4.78 is 3.34. The Balaban J connectivity index is 2.24. The molecule has 0 spiro atoms. The van der Waals surface area contributed by atoms with E-state index in [1.54, 1.807) is 21.5 Å². The summed E-state index contributed by atoms with van der Waals surface area (Å²) in [5, 5.41) is 17.9. The van der Waals surface area contributed by atoms with Gasteiger partial charge in [0.1, 0.15) is 13.1 Å². The predicted octanol–water partition coefficient (Wildman–Crippen LogP) is 2.97. The lowest BCUT2D eigenvalue weighted by Crippen LogP contribution is -2.10. The number of hydrogen-bond acceptors (Lipinski definition) is 2. The lowest BCUT2D eigenvalue weighted by Gasteiger charge is -2.08. The number of hydrogen-bond donors (Lipinski definition) is 2. The van der Waals surface area contributed by atoms with Gasteiger partial charge in [-0.15, -0.1) is 0 Å². The molecule has 0 amide bonds. The van der Waals surface area contributed by atoms with Crippen LogP contribution in [0.1, 0.15) is 25.2 Å². The van der Waals surface area contributed by atoms with E-state index in [2.05, 4.69) is 0 Å². The maximum absolute atomic E-state index is 10.9. The third-order valence-corrected chi connectivity index (χ3v) is 3.66. The van der Waals surface area contributed by atoms with Crippen LogP contribution in [0.5, 0.6) is 0 Å². The molecule has 2 N–H and O–H groups in total.